The van der Waals surface area contributed by atoms with Crippen molar-refractivity contribution in [2.45, 2.75) is 34.2 Å². The molecule has 0 spiro atoms. The van der Waals surface area contributed by atoms with E-state index in [2.05, 4.69) is 23.4 Å². The summed E-state index contributed by atoms with van der Waals surface area (Å²) in [5.74, 6) is 0.800. The molecule has 0 aliphatic rings. The molecule has 1 aromatic carbocycles. The summed E-state index contributed by atoms with van der Waals surface area (Å²) >= 11 is 0. The number of likely N-dealkylation sites (N-methyl/N-ethyl adjacent to an activating group) is 1. The van der Waals surface area contributed by atoms with E-state index in [9.17, 15) is 4.79 Å². The molecule has 0 bridgehead atoms. The number of benzene rings is 1. The molecule has 1 aromatic heterocycles. The minimum absolute atomic E-state index is 0.132. The van der Waals surface area contributed by atoms with Crippen LogP contribution in [0.5, 0.6) is 0 Å². The van der Waals surface area contributed by atoms with E-state index in [-0.39, 0.29) is 5.56 Å². The summed E-state index contributed by atoms with van der Waals surface area (Å²) in [7, 11) is 0. The minimum atomic E-state index is -0.132. The minimum Gasteiger partial charge on any atom is -0.334 e. The van der Waals surface area contributed by atoms with Gasteiger partial charge in [0, 0.05) is 5.69 Å². The average molecular weight is 300 g/mol. The zero-order valence-corrected chi connectivity index (χ0v) is 14.0. The van der Waals surface area contributed by atoms with Crippen LogP contribution in [0.4, 0.5) is 0 Å². The highest BCUT2D eigenvalue weighted by atomic mass is 16.1. The summed E-state index contributed by atoms with van der Waals surface area (Å²) in [4.78, 5) is 18.1. The number of aromatic nitrogens is 2. The van der Waals surface area contributed by atoms with Crippen molar-refractivity contribution < 1.29 is 4.90 Å². The molecule has 0 aliphatic carbocycles. The Morgan fingerprint density at radius 1 is 1.09 bits per heavy atom. The second-order valence-corrected chi connectivity index (χ2v) is 5.65. The van der Waals surface area contributed by atoms with Crippen LogP contribution in [0, 0.1) is 13.8 Å². The number of nitrogens with one attached hydrogen (secondary N) is 1. The Labute approximate surface area is 132 Å². The van der Waals surface area contributed by atoms with Crippen LogP contribution in [0.2, 0.25) is 0 Å². The Bertz CT molecular complexity index is 673. The summed E-state index contributed by atoms with van der Waals surface area (Å²) in [5, 5.41) is 0. The molecular formula is C18H26N3O+. The van der Waals surface area contributed by atoms with Crippen molar-refractivity contribution in [1.29, 1.82) is 0 Å². The fraction of sp³-hybridized carbons (Fsp3) is 0.444. The quantitative estimate of drug-likeness (QED) is 0.877. The van der Waals surface area contributed by atoms with Crippen LogP contribution in [0.3, 0.4) is 0 Å². The van der Waals surface area contributed by atoms with Gasteiger partial charge in [-0.2, -0.15) is 4.98 Å². The van der Waals surface area contributed by atoms with E-state index >= 15 is 0 Å². The van der Waals surface area contributed by atoms with Crippen LogP contribution in [-0.4, -0.2) is 29.2 Å². The topological polar surface area (TPSA) is 39.3 Å². The Balaban J connectivity index is 2.41. The summed E-state index contributed by atoms with van der Waals surface area (Å²) in [6, 6.07) is 9.82. The van der Waals surface area contributed by atoms with Gasteiger partial charge in [0.15, 0.2) is 0 Å². The third-order valence-corrected chi connectivity index (χ3v) is 4.39. The Morgan fingerprint density at radius 2 is 1.73 bits per heavy atom. The monoisotopic (exact) mass is 300 g/mol. The van der Waals surface area contributed by atoms with E-state index in [1.165, 1.54) is 0 Å². The van der Waals surface area contributed by atoms with Crippen LogP contribution >= 0.6 is 0 Å². The Hall–Kier alpha value is -1.94. The van der Waals surface area contributed by atoms with Gasteiger partial charge in [-0.15, -0.1) is 0 Å². The molecule has 1 N–H and O–H groups in total. The molecule has 118 valence electrons. The van der Waals surface area contributed by atoms with Gasteiger partial charge in [0.2, 0.25) is 0 Å². The van der Waals surface area contributed by atoms with Crippen LogP contribution in [0.15, 0.2) is 35.1 Å². The molecule has 2 aromatic rings. The summed E-state index contributed by atoms with van der Waals surface area (Å²) < 4.78 is 2.18. The van der Waals surface area contributed by atoms with Gasteiger partial charge >= 0.3 is 0 Å². The second-order valence-electron chi connectivity index (χ2n) is 5.65. The smallest absolute Gasteiger partial charge is 0.281 e. The molecule has 0 saturated heterocycles. The number of rotatable bonds is 6. The number of aryl methyl sites for hydroxylation is 1. The number of hydrogen-bond acceptors (Lipinski definition) is 2. The highest BCUT2D eigenvalue weighted by molar-refractivity contribution is 5.64. The van der Waals surface area contributed by atoms with Gasteiger partial charge in [-0.25, -0.2) is 0 Å². The largest absolute Gasteiger partial charge is 0.334 e. The lowest BCUT2D eigenvalue weighted by Crippen LogP contribution is -3.11. The van der Waals surface area contributed by atoms with Gasteiger partial charge in [-0.3, -0.25) is 4.79 Å². The highest BCUT2D eigenvalue weighted by Gasteiger charge is 2.14. The van der Waals surface area contributed by atoms with Gasteiger partial charge in [0.05, 0.1) is 31.7 Å². The van der Waals surface area contributed by atoms with Gasteiger partial charge in [0.25, 0.3) is 5.56 Å². The second kappa shape index (κ2) is 7.36. The maximum absolute atomic E-state index is 12.3. The number of hydrogen-bond donors (Lipinski definition) is 1. The van der Waals surface area contributed by atoms with Crippen LogP contribution < -0.4 is 10.5 Å². The van der Waals surface area contributed by atoms with Crippen molar-refractivity contribution in [3.05, 3.63) is 52.2 Å². The van der Waals surface area contributed by atoms with Crippen molar-refractivity contribution in [3.63, 3.8) is 0 Å². The van der Waals surface area contributed by atoms with E-state index in [1.54, 1.807) is 4.90 Å². The molecule has 1 heterocycles. The lowest BCUT2D eigenvalue weighted by molar-refractivity contribution is -0.897. The predicted molar refractivity (Wildman–Crippen MR) is 90.3 cm³/mol. The summed E-state index contributed by atoms with van der Waals surface area (Å²) in [6.45, 7) is 12.5. The first kappa shape index (κ1) is 16.4. The molecule has 0 aliphatic heterocycles. The van der Waals surface area contributed by atoms with Gasteiger partial charge in [-0.05, 0) is 33.3 Å². The van der Waals surface area contributed by atoms with Gasteiger partial charge < -0.3 is 9.47 Å². The van der Waals surface area contributed by atoms with Crippen molar-refractivity contribution in [2.24, 2.45) is 0 Å². The van der Waals surface area contributed by atoms with Crippen molar-refractivity contribution >= 4 is 0 Å². The average Bonchev–Trinajstić information content (AvgIpc) is 2.51. The third kappa shape index (κ3) is 3.45. The van der Waals surface area contributed by atoms with E-state index in [0.717, 1.165) is 48.8 Å². The third-order valence-electron chi connectivity index (χ3n) is 4.39. The summed E-state index contributed by atoms with van der Waals surface area (Å²) in [6.07, 6.45) is 0. The number of nitrogens with zero attached hydrogens (tertiary/aromatic N) is 2. The molecule has 0 unspecified atom stereocenters. The molecule has 0 amide bonds. The Kier molecular flexibility index (Phi) is 5.50. The Morgan fingerprint density at radius 3 is 2.32 bits per heavy atom. The zero-order valence-electron chi connectivity index (χ0n) is 14.0. The summed E-state index contributed by atoms with van der Waals surface area (Å²) in [5.41, 5.74) is 2.55. The maximum Gasteiger partial charge on any atom is 0.281 e. The first-order chi connectivity index (χ1) is 10.6. The lowest BCUT2D eigenvalue weighted by atomic mass is 10.1. The fourth-order valence-corrected chi connectivity index (χ4v) is 2.94. The first-order valence-corrected chi connectivity index (χ1v) is 8.05. The molecule has 4 nitrogen and oxygen atoms in total. The SMILES string of the molecule is CC[NH+](CC)CCn1c(C)nc(=O)c(-c2ccccc2)c1C. The molecule has 2 rings (SSSR count). The molecule has 0 saturated carbocycles. The highest BCUT2D eigenvalue weighted by Crippen LogP contribution is 2.19. The van der Waals surface area contributed by atoms with E-state index < -0.39 is 0 Å². The van der Waals surface area contributed by atoms with Crippen molar-refractivity contribution in [1.82, 2.24) is 9.55 Å². The molecule has 0 atom stereocenters. The van der Waals surface area contributed by atoms with Crippen molar-refractivity contribution in [2.75, 3.05) is 19.6 Å². The number of quaternary nitrogens is 1. The van der Waals surface area contributed by atoms with Crippen LogP contribution in [0.1, 0.15) is 25.4 Å². The first-order valence-electron chi connectivity index (χ1n) is 8.05. The molecule has 0 fully saturated rings. The van der Waals surface area contributed by atoms with Gasteiger partial charge in [-0.1, -0.05) is 30.3 Å². The molecule has 0 radical (unpaired) electrons. The predicted octanol–water partition coefficient (Wildman–Crippen LogP) is 1.45. The van der Waals surface area contributed by atoms with E-state index in [1.807, 2.05) is 44.2 Å². The zero-order chi connectivity index (χ0) is 16.1. The molecule has 22 heavy (non-hydrogen) atoms. The maximum atomic E-state index is 12.3. The van der Waals surface area contributed by atoms with Gasteiger partial charge in [0.1, 0.15) is 5.82 Å². The van der Waals surface area contributed by atoms with Crippen molar-refractivity contribution in [3.8, 4) is 11.1 Å². The molecule has 4 heteroatoms. The standard InChI is InChI=1S/C18H25N3O/c1-5-20(6-2)12-13-21-14(3)17(18(22)19-15(21)4)16-10-8-7-9-11-16/h7-11H,5-6,12-13H2,1-4H3/p+1. The normalized spacial score (nSPS) is 11.1. The van der Waals surface area contributed by atoms with Crippen LogP contribution in [-0.2, 0) is 6.54 Å². The van der Waals surface area contributed by atoms with Crippen LogP contribution in [0.25, 0.3) is 11.1 Å². The fourth-order valence-electron chi connectivity index (χ4n) is 2.94. The molecular weight excluding hydrogens is 274 g/mol. The van der Waals surface area contributed by atoms with E-state index in [4.69, 9.17) is 0 Å². The van der Waals surface area contributed by atoms with E-state index in [0.29, 0.717) is 0 Å². The lowest BCUT2D eigenvalue weighted by Gasteiger charge is -2.20.